The zero-order chi connectivity index (χ0) is 20.8. The smallest absolute Gasteiger partial charge is 0.122 e. The molecule has 4 rings (SSSR count). The molecule has 1 aliphatic heterocycles. The van der Waals surface area contributed by atoms with Gasteiger partial charge in [-0.15, -0.1) is 0 Å². The zero-order valence-corrected chi connectivity index (χ0v) is 19.4. The van der Waals surface area contributed by atoms with E-state index in [1.54, 1.807) is 5.57 Å². The molecule has 3 saturated carbocycles. The molecule has 0 bridgehead atoms. The third-order valence-electron chi connectivity index (χ3n) is 9.19. The van der Waals surface area contributed by atoms with Gasteiger partial charge in [-0.3, -0.25) is 0 Å². The van der Waals surface area contributed by atoms with Gasteiger partial charge in [0.1, 0.15) is 11.7 Å². The molecule has 7 atom stereocenters. The van der Waals surface area contributed by atoms with E-state index in [0.29, 0.717) is 5.41 Å². The van der Waals surface area contributed by atoms with Crippen molar-refractivity contribution in [3.05, 3.63) is 23.8 Å². The Balaban J connectivity index is 1.44. The van der Waals surface area contributed by atoms with Crippen molar-refractivity contribution in [2.75, 3.05) is 0 Å². The monoisotopic (exact) mass is 400 g/mol. The van der Waals surface area contributed by atoms with Crippen LogP contribution in [0.3, 0.4) is 0 Å². The fourth-order valence-electron chi connectivity index (χ4n) is 7.42. The maximum atomic E-state index is 10.2. The van der Waals surface area contributed by atoms with Gasteiger partial charge in [-0.1, -0.05) is 65.2 Å². The highest BCUT2D eigenvalue weighted by Crippen LogP contribution is 2.61. The topological polar surface area (TPSA) is 32.8 Å². The number of rotatable bonds is 6. The molecule has 2 nitrogen and oxygen atoms in total. The highest BCUT2D eigenvalue weighted by atomic mass is 16.6. The van der Waals surface area contributed by atoms with Crippen LogP contribution in [0.5, 0.6) is 0 Å². The summed E-state index contributed by atoms with van der Waals surface area (Å²) in [5, 5.41) is 10.2. The first-order valence-corrected chi connectivity index (χ1v) is 12.5. The average Bonchev–Trinajstić information content (AvgIpc) is 3.18. The Hall–Kier alpha value is -0.600. The predicted octanol–water partition coefficient (Wildman–Crippen LogP) is 6.83. The highest BCUT2D eigenvalue weighted by Gasteiger charge is 2.60. The summed E-state index contributed by atoms with van der Waals surface area (Å²) in [4.78, 5) is 0. The summed E-state index contributed by atoms with van der Waals surface area (Å²) in [5.41, 5.74) is 3.13. The molecule has 4 aliphatic rings. The van der Waals surface area contributed by atoms with Crippen molar-refractivity contribution >= 4 is 0 Å². The van der Waals surface area contributed by atoms with E-state index >= 15 is 0 Å². The average molecular weight is 401 g/mol. The minimum absolute atomic E-state index is 0.171. The summed E-state index contributed by atoms with van der Waals surface area (Å²) in [7, 11) is 0. The number of hydrogen-bond donors (Lipinski definition) is 1. The van der Waals surface area contributed by atoms with Gasteiger partial charge in [0, 0.05) is 6.42 Å². The lowest BCUT2D eigenvalue weighted by atomic mass is 9.60. The molecule has 164 valence electrons. The van der Waals surface area contributed by atoms with Crippen molar-refractivity contribution in [2.45, 2.75) is 116 Å². The van der Waals surface area contributed by atoms with E-state index in [0.717, 1.165) is 42.9 Å². The second-order valence-corrected chi connectivity index (χ2v) is 11.6. The predicted molar refractivity (Wildman–Crippen MR) is 121 cm³/mol. The minimum atomic E-state index is -0.235. The van der Waals surface area contributed by atoms with Gasteiger partial charge in [-0.25, -0.2) is 0 Å². The highest BCUT2D eigenvalue weighted by molar-refractivity contribution is 5.34. The van der Waals surface area contributed by atoms with Crippen LogP contribution in [-0.4, -0.2) is 22.9 Å². The van der Waals surface area contributed by atoms with E-state index in [-0.39, 0.29) is 17.8 Å². The van der Waals surface area contributed by atoms with Gasteiger partial charge in [-0.2, -0.15) is 0 Å². The Kier molecular flexibility index (Phi) is 6.08. The second kappa shape index (κ2) is 8.15. The normalized spacial score (nSPS) is 44.5. The van der Waals surface area contributed by atoms with Gasteiger partial charge >= 0.3 is 0 Å². The summed E-state index contributed by atoms with van der Waals surface area (Å²) < 4.78 is 6.23. The summed E-state index contributed by atoms with van der Waals surface area (Å²) >= 11 is 0. The van der Waals surface area contributed by atoms with Gasteiger partial charge in [0.2, 0.25) is 0 Å². The molecule has 0 aromatic rings. The fourth-order valence-corrected chi connectivity index (χ4v) is 7.42. The number of allylic oxidation sites excluding steroid dienone is 1. The lowest BCUT2D eigenvalue weighted by Crippen LogP contribution is -2.36. The molecule has 1 unspecified atom stereocenters. The van der Waals surface area contributed by atoms with Crippen molar-refractivity contribution in [3.63, 3.8) is 0 Å². The van der Waals surface area contributed by atoms with Crippen LogP contribution >= 0.6 is 0 Å². The molecule has 0 aromatic heterocycles. The Morgan fingerprint density at radius 1 is 1.17 bits per heavy atom. The Bertz CT molecular complexity index is 649. The van der Waals surface area contributed by atoms with E-state index in [1.807, 2.05) is 0 Å². The zero-order valence-electron chi connectivity index (χ0n) is 19.4. The van der Waals surface area contributed by atoms with Crippen LogP contribution < -0.4 is 0 Å². The summed E-state index contributed by atoms with van der Waals surface area (Å²) in [5.74, 6) is 3.30. The number of aliphatic hydroxyl groups excluding tert-OH is 1. The molecule has 0 amide bonds. The molecule has 1 heterocycles. The third kappa shape index (κ3) is 4.01. The Morgan fingerprint density at radius 2 is 1.97 bits per heavy atom. The molecule has 4 fully saturated rings. The summed E-state index contributed by atoms with van der Waals surface area (Å²) in [6.07, 6.45) is 15.9. The number of fused-ring (bicyclic) bond motifs is 1. The number of epoxide rings is 1. The Labute approximate surface area is 179 Å². The quantitative estimate of drug-likeness (QED) is 0.391. The number of aliphatic hydroxyl groups is 1. The van der Waals surface area contributed by atoms with E-state index in [1.165, 1.54) is 56.9 Å². The van der Waals surface area contributed by atoms with Crippen LogP contribution in [0.2, 0.25) is 0 Å². The van der Waals surface area contributed by atoms with Crippen molar-refractivity contribution in [2.24, 2.45) is 29.1 Å². The van der Waals surface area contributed by atoms with Gasteiger partial charge in [-0.05, 0) is 79.6 Å². The van der Waals surface area contributed by atoms with Crippen LogP contribution in [0.15, 0.2) is 23.8 Å². The molecular weight excluding hydrogens is 356 g/mol. The molecule has 2 heteroatoms. The SMILES string of the molecule is C=C1CC[C@H](O)C[C@]12O[C@@H]2/C=C1\CCC[C@@]2(C)C1CC[C@@H]2[C@H](C)CCCC(C)C. The first-order chi connectivity index (χ1) is 13.8. The number of ether oxygens (including phenoxy) is 1. The van der Waals surface area contributed by atoms with Crippen LogP contribution in [0.1, 0.15) is 98.3 Å². The molecule has 1 saturated heterocycles. The molecular formula is C27H44O2. The molecule has 0 radical (unpaired) electrons. The first kappa shape index (κ1) is 21.6. The van der Waals surface area contributed by atoms with Crippen LogP contribution in [0.4, 0.5) is 0 Å². The van der Waals surface area contributed by atoms with Gasteiger partial charge in [0.25, 0.3) is 0 Å². The van der Waals surface area contributed by atoms with Crippen molar-refractivity contribution < 1.29 is 9.84 Å². The standard InChI is InChI=1S/C27H44O2/c1-18(2)8-6-9-19(3)23-13-14-24-21(10-7-15-26(23,24)5)16-25-27(29-25)17-22(28)12-11-20(27)4/h16,18-19,22-25,28H,4,6-15,17H2,1-3,5H3/b21-16+/t19-,22+,23-,24?,25-,26-,27+/m1/s1. The van der Waals surface area contributed by atoms with E-state index < -0.39 is 0 Å². The largest absolute Gasteiger partial charge is 0.393 e. The van der Waals surface area contributed by atoms with Gasteiger partial charge < -0.3 is 9.84 Å². The Morgan fingerprint density at radius 3 is 2.72 bits per heavy atom. The van der Waals surface area contributed by atoms with Crippen molar-refractivity contribution in [3.8, 4) is 0 Å². The maximum Gasteiger partial charge on any atom is 0.122 e. The van der Waals surface area contributed by atoms with E-state index in [9.17, 15) is 5.11 Å². The van der Waals surface area contributed by atoms with Crippen molar-refractivity contribution in [1.82, 2.24) is 0 Å². The van der Waals surface area contributed by atoms with Crippen LogP contribution in [-0.2, 0) is 4.74 Å². The van der Waals surface area contributed by atoms with Crippen LogP contribution in [0.25, 0.3) is 0 Å². The third-order valence-corrected chi connectivity index (χ3v) is 9.19. The maximum absolute atomic E-state index is 10.2. The van der Waals surface area contributed by atoms with Gasteiger partial charge in [0.05, 0.1) is 6.10 Å². The molecule has 1 N–H and O–H groups in total. The summed E-state index contributed by atoms with van der Waals surface area (Å²) in [6, 6.07) is 0. The van der Waals surface area contributed by atoms with Crippen molar-refractivity contribution in [1.29, 1.82) is 0 Å². The molecule has 1 spiro atoms. The fraction of sp³-hybridized carbons (Fsp3) is 0.852. The number of hydrogen-bond acceptors (Lipinski definition) is 2. The first-order valence-electron chi connectivity index (χ1n) is 12.5. The lowest BCUT2D eigenvalue weighted by molar-refractivity contribution is 0.0925. The van der Waals surface area contributed by atoms with Gasteiger partial charge in [0.15, 0.2) is 0 Å². The molecule has 29 heavy (non-hydrogen) atoms. The van der Waals surface area contributed by atoms with Crippen LogP contribution in [0, 0.1) is 29.1 Å². The summed E-state index contributed by atoms with van der Waals surface area (Å²) in [6.45, 7) is 14.1. The molecule has 0 aromatic carbocycles. The lowest BCUT2D eigenvalue weighted by Gasteiger charge is -2.44. The second-order valence-electron chi connectivity index (χ2n) is 11.6. The van der Waals surface area contributed by atoms with E-state index in [2.05, 4.69) is 40.3 Å². The van der Waals surface area contributed by atoms with E-state index in [4.69, 9.17) is 4.74 Å². The molecule has 3 aliphatic carbocycles. The minimum Gasteiger partial charge on any atom is -0.393 e.